The fourth-order valence-electron chi connectivity index (χ4n) is 1.65. The molecule has 1 aliphatic rings. The standard InChI is InChI=1S/C10H16N2O2/c1-8-4-10(12-14-8)6-11-5-9-2-3-13-7-9/h4,9,11H,2-3,5-7H2,1H3. The van der Waals surface area contributed by atoms with Crippen molar-refractivity contribution in [2.24, 2.45) is 5.92 Å². The van der Waals surface area contributed by atoms with E-state index in [0.29, 0.717) is 5.92 Å². The number of hydrogen-bond donors (Lipinski definition) is 1. The molecule has 0 radical (unpaired) electrons. The lowest BCUT2D eigenvalue weighted by atomic mass is 10.1. The van der Waals surface area contributed by atoms with Crippen LogP contribution in [0.1, 0.15) is 17.9 Å². The van der Waals surface area contributed by atoms with Crippen LogP contribution in [0.25, 0.3) is 0 Å². The summed E-state index contributed by atoms with van der Waals surface area (Å²) in [5.41, 5.74) is 0.974. The molecule has 0 amide bonds. The van der Waals surface area contributed by atoms with Crippen molar-refractivity contribution in [3.05, 3.63) is 17.5 Å². The van der Waals surface area contributed by atoms with Gasteiger partial charge in [-0.25, -0.2) is 0 Å². The van der Waals surface area contributed by atoms with Gasteiger partial charge in [0.1, 0.15) is 5.76 Å². The van der Waals surface area contributed by atoms with Gasteiger partial charge in [0.25, 0.3) is 0 Å². The molecule has 2 heterocycles. The molecule has 2 rings (SSSR count). The summed E-state index contributed by atoms with van der Waals surface area (Å²) in [5, 5.41) is 7.27. The summed E-state index contributed by atoms with van der Waals surface area (Å²) in [6, 6.07) is 1.96. The molecular weight excluding hydrogens is 180 g/mol. The SMILES string of the molecule is Cc1cc(CNCC2CCOC2)no1. The summed E-state index contributed by atoms with van der Waals surface area (Å²) >= 11 is 0. The quantitative estimate of drug-likeness (QED) is 0.783. The Morgan fingerprint density at radius 3 is 3.21 bits per heavy atom. The Morgan fingerprint density at radius 1 is 1.64 bits per heavy atom. The minimum atomic E-state index is 0.669. The molecular formula is C10H16N2O2. The first-order chi connectivity index (χ1) is 6.84. The fourth-order valence-corrected chi connectivity index (χ4v) is 1.65. The third-order valence-corrected chi connectivity index (χ3v) is 2.44. The van der Waals surface area contributed by atoms with Crippen molar-refractivity contribution in [2.75, 3.05) is 19.8 Å². The smallest absolute Gasteiger partial charge is 0.133 e. The van der Waals surface area contributed by atoms with E-state index in [9.17, 15) is 0 Å². The number of aryl methyl sites for hydroxylation is 1. The maximum atomic E-state index is 5.29. The maximum absolute atomic E-state index is 5.29. The molecule has 1 fully saturated rings. The van der Waals surface area contributed by atoms with Crippen molar-refractivity contribution < 1.29 is 9.26 Å². The summed E-state index contributed by atoms with van der Waals surface area (Å²) in [6.45, 7) is 5.50. The van der Waals surface area contributed by atoms with Gasteiger partial charge in [0.2, 0.25) is 0 Å². The fraction of sp³-hybridized carbons (Fsp3) is 0.700. The average Bonchev–Trinajstić information content (AvgIpc) is 2.77. The van der Waals surface area contributed by atoms with Gasteiger partial charge in [-0.2, -0.15) is 0 Å². The summed E-state index contributed by atoms with van der Waals surface area (Å²) in [7, 11) is 0. The highest BCUT2D eigenvalue weighted by molar-refractivity contribution is 5.02. The highest BCUT2D eigenvalue weighted by Crippen LogP contribution is 2.10. The van der Waals surface area contributed by atoms with Gasteiger partial charge in [-0.15, -0.1) is 0 Å². The van der Waals surface area contributed by atoms with Crippen LogP contribution in [-0.4, -0.2) is 24.9 Å². The van der Waals surface area contributed by atoms with E-state index in [4.69, 9.17) is 9.26 Å². The molecule has 0 aliphatic carbocycles. The van der Waals surface area contributed by atoms with E-state index in [0.717, 1.165) is 37.8 Å². The Kier molecular flexibility index (Phi) is 3.16. The van der Waals surface area contributed by atoms with E-state index in [1.165, 1.54) is 6.42 Å². The second-order valence-electron chi connectivity index (χ2n) is 3.79. The van der Waals surface area contributed by atoms with E-state index in [1.807, 2.05) is 13.0 Å². The largest absolute Gasteiger partial charge is 0.381 e. The highest BCUT2D eigenvalue weighted by atomic mass is 16.5. The molecule has 1 N–H and O–H groups in total. The number of nitrogens with zero attached hydrogens (tertiary/aromatic N) is 1. The van der Waals surface area contributed by atoms with Crippen LogP contribution in [0.4, 0.5) is 0 Å². The normalized spacial score (nSPS) is 21.6. The Balaban J connectivity index is 1.67. The molecule has 0 spiro atoms. The number of rotatable bonds is 4. The second kappa shape index (κ2) is 4.57. The summed E-state index contributed by atoms with van der Waals surface area (Å²) in [6.07, 6.45) is 1.17. The molecule has 1 aromatic rings. The molecule has 1 saturated heterocycles. The van der Waals surface area contributed by atoms with E-state index in [1.54, 1.807) is 0 Å². The monoisotopic (exact) mass is 196 g/mol. The van der Waals surface area contributed by atoms with Crippen LogP contribution in [0.2, 0.25) is 0 Å². The first-order valence-electron chi connectivity index (χ1n) is 5.05. The van der Waals surface area contributed by atoms with Crippen molar-refractivity contribution in [1.29, 1.82) is 0 Å². The average molecular weight is 196 g/mol. The van der Waals surface area contributed by atoms with Crippen LogP contribution in [0.15, 0.2) is 10.6 Å². The first-order valence-corrected chi connectivity index (χ1v) is 5.05. The van der Waals surface area contributed by atoms with Gasteiger partial charge in [-0.3, -0.25) is 0 Å². The number of hydrogen-bond acceptors (Lipinski definition) is 4. The van der Waals surface area contributed by atoms with Gasteiger partial charge in [0, 0.05) is 25.8 Å². The Morgan fingerprint density at radius 2 is 2.57 bits per heavy atom. The molecule has 1 aliphatic heterocycles. The zero-order valence-electron chi connectivity index (χ0n) is 8.45. The molecule has 14 heavy (non-hydrogen) atoms. The molecule has 0 aromatic carbocycles. The van der Waals surface area contributed by atoms with E-state index in [-0.39, 0.29) is 0 Å². The Labute approximate surface area is 83.6 Å². The lowest BCUT2D eigenvalue weighted by Gasteiger charge is -2.07. The van der Waals surface area contributed by atoms with Gasteiger partial charge in [0.05, 0.1) is 12.3 Å². The van der Waals surface area contributed by atoms with Gasteiger partial charge < -0.3 is 14.6 Å². The number of ether oxygens (including phenoxy) is 1. The minimum absolute atomic E-state index is 0.669. The van der Waals surface area contributed by atoms with Crippen LogP contribution in [-0.2, 0) is 11.3 Å². The van der Waals surface area contributed by atoms with Crippen molar-refractivity contribution in [3.63, 3.8) is 0 Å². The van der Waals surface area contributed by atoms with Crippen LogP contribution in [0, 0.1) is 12.8 Å². The van der Waals surface area contributed by atoms with Crippen LogP contribution in [0.3, 0.4) is 0 Å². The topological polar surface area (TPSA) is 47.3 Å². The van der Waals surface area contributed by atoms with Crippen LogP contribution < -0.4 is 5.32 Å². The number of nitrogens with one attached hydrogen (secondary N) is 1. The second-order valence-corrected chi connectivity index (χ2v) is 3.79. The predicted molar refractivity (Wildman–Crippen MR) is 51.9 cm³/mol. The molecule has 1 unspecified atom stereocenters. The van der Waals surface area contributed by atoms with E-state index in [2.05, 4.69) is 10.5 Å². The molecule has 4 heteroatoms. The first kappa shape index (κ1) is 9.68. The van der Waals surface area contributed by atoms with Gasteiger partial charge in [-0.05, 0) is 19.3 Å². The third-order valence-electron chi connectivity index (χ3n) is 2.44. The highest BCUT2D eigenvalue weighted by Gasteiger charge is 2.14. The summed E-state index contributed by atoms with van der Waals surface area (Å²) in [4.78, 5) is 0. The van der Waals surface area contributed by atoms with Crippen molar-refractivity contribution in [3.8, 4) is 0 Å². The Bertz CT molecular complexity index is 279. The van der Waals surface area contributed by atoms with Crippen molar-refractivity contribution in [1.82, 2.24) is 10.5 Å². The molecule has 0 bridgehead atoms. The maximum Gasteiger partial charge on any atom is 0.133 e. The van der Waals surface area contributed by atoms with Crippen molar-refractivity contribution >= 4 is 0 Å². The van der Waals surface area contributed by atoms with E-state index < -0.39 is 0 Å². The molecule has 78 valence electrons. The van der Waals surface area contributed by atoms with Gasteiger partial charge in [0.15, 0.2) is 0 Å². The minimum Gasteiger partial charge on any atom is -0.381 e. The third kappa shape index (κ3) is 2.56. The Hall–Kier alpha value is -0.870. The predicted octanol–water partition coefficient (Wildman–Crippen LogP) is 1.11. The van der Waals surface area contributed by atoms with Crippen LogP contribution in [0.5, 0.6) is 0 Å². The zero-order chi connectivity index (χ0) is 9.80. The lowest BCUT2D eigenvalue weighted by molar-refractivity contribution is 0.185. The lowest BCUT2D eigenvalue weighted by Crippen LogP contribution is -2.22. The molecule has 4 nitrogen and oxygen atoms in total. The molecule has 1 aromatic heterocycles. The molecule has 0 saturated carbocycles. The van der Waals surface area contributed by atoms with E-state index >= 15 is 0 Å². The summed E-state index contributed by atoms with van der Waals surface area (Å²) < 4.78 is 10.3. The summed E-state index contributed by atoms with van der Waals surface area (Å²) in [5.74, 6) is 1.54. The van der Waals surface area contributed by atoms with Crippen molar-refractivity contribution in [2.45, 2.75) is 19.9 Å². The number of aromatic nitrogens is 1. The van der Waals surface area contributed by atoms with Gasteiger partial charge >= 0.3 is 0 Å². The molecule has 1 atom stereocenters. The zero-order valence-corrected chi connectivity index (χ0v) is 8.45. The van der Waals surface area contributed by atoms with Gasteiger partial charge in [-0.1, -0.05) is 5.16 Å². The van der Waals surface area contributed by atoms with Crippen LogP contribution >= 0.6 is 0 Å².